The third-order valence-corrected chi connectivity index (χ3v) is 4.51. The standard InChI is InChI=1S/C12H21F3N2/c1-2-10(5-7-16-8-6-10)9-17-11(3-4-11)12(13,14)15/h16-17H,2-9H2,1H3. The molecule has 0 amide bonds. The van der Waals surface area contributed by atoms with E-state index >= 15 is 0 Å². The van der Waals surface area contributed by atoms with E-state index in [0.717, 1.165) is 32.4 Å². The summed E-state index contributed by atoms with van der Waals surface area (Å²) in [6, 6.07) is 0. The van der Waals surface area contributed by atoms with Gasteiger partial charge in [0.05, 0.1) is 0 Å². The Kier molecular flexibility index (Phi) is 3.42. The molecule has 0 radical (unpaired) electrons. The normalized spacial score (nSPS) is 26.8. The second-order valence-electron chi connectivity index (χ2n) is 5.54. The fourth-order valence-corrected chi connectivity index (χ4v) is 2.65. The molecule has 5 heteroatoms. The quantitative estimate of drug-likeness (QED) is 0.801. The lowest BCUT2D eigenvalue weighted by atomic mass is 9.76. The predicted molar refractivity (Wildman–Crippen MR) is 60.9 cm³/mol. The topological polar surface area (TPSA) is 24.1 Å². The first-order chi connectivity index (χ1) is 7.93. The van der Waals surface area contributed by atoms with Gasteiger partial charge in [-0.1, -0.05) is 6.92 Å². The van der Waals surface area contributed by atoms with Crippen molar-refractivity contribution in [2.24, 2.45) is 5.41 Å². The summed E-state index contributed by atoms with van der Waals surface area (Å²) in [7, 11) is 0. The highest BCUT2D eigenvalue weighted by Gasteiger charge is 2.63. The molecular weight excluding hydrogens is 229 g/mol. The van der Waals surface area contributed by atoms with Gasteiger partial charge in [-0.2, -0.15) is 13.2 Å². The van der Waals surface area contributed by atoms with Crippen molar-refractivity contribution in [3.8, 4) is 0 Å². The molecule has 0 atom stereocenters. The molecule has 1 aliphatic carbocycles. The number of nitrogens with one attached hydrogen (secondary N) is 2. The minimum atomic E-state index is -4.09. The average Bonchev–Trinajstić information content (AvgIpc) is 3.08. The molecule has 0 aromatic carbocycles. The van der Waals surface area contributed by atoms with E-state index in [1.54, 1.807) is 0 Å². The van der Waals surface area contributed by atoms with Crippen LogP contribution in [-0.4, -0.2) is 31.3 Å². The third kappa shape index (κ3) is 2.60. The zero-order valence-electron chi connectivity index (χ0n) is 10.3. The maximum atomic E-state index is 12.8. The molecule has 1 heterocycles. The molecule has 2 nitrogen and oxygen atoms in total. The maximum Gasteiger partial charge on any atom is 0.406 e. The van der Waals surface area contributed by atoms with Gasteiger partial charge in [0.25, 0.3) is 0 Å². The van der Waals surface area contributed by atoms with Crippen LogP contribution in [0.1, 0.15) is 39.0 Å². The number of hydrogen-bond donors (Lipinski definition) is 2. The van der Waals surface area contributed by atoms with E-state index in [1.165, 1.54) is 0 Å². The van der Waals surface area contributed by atoms with Crippen LogP contribution in [0.25, 0.3) is 0 Å². The molecule has 2 fully saturated rings. The van der Waals surface area contributed by atoms with E-state index in [4.69, 9.17) is 0 Å². The van der Waals surface area contributed by atoms with Gasteiger partial charge in [0, 0.05) is 6.54 Å². The van der Waals surface area contributed by atoms with Gasteiger partial charge in [-0.15, -0.1) is 0 Å². The second-order valence-corrected chi connectivity index (χ2v) is 5.54. The van der Waals surface area contributed by atoms with Crippen LogP contribution in [0, 0.1) is 5.41 Å². The molecule has 0 unspecified atom stereocenters. The zero-order valence-corrected chi connectivity index (χ0v) is 10.3. The molecule has 2 N–H and O–H groups in total. The molecular formula is C12H21F3N2. The molecule has 0 aromatic heterocycles. The minimum absolute atomic E-state index is 0.0616. The van der Waals surface area contributed by atoms with Crippen molar-refractivity contribution in [3.63, 3.8) is 0 Å². The molecule has 0 spiro atoms. The molecule has 1 aliphatic heterocycles. The summed E-state index contributed by atoms with van der Waals surface area (Å²) in [4.78, 5) is 0. The Balaban J connectivity index is 1.92. The van der Waals surface area contributed by atoms with Crippen molar-refractivity contribution < 1.29 is 13.2 Å². The molecule has 2 aliphatic rings. The molecule has 0 bridgehead atoms. The van der Waals surface area contributed by atoms with E-state index in [2.05, 4.69) is 17.6 Å². The van der Waals surface area contributed by atoms with Crippen molar-refractivity contribution in [2.75, 3.05) is 19.6 Å². The molecule has 1 saturated heterocycles. The van der Waals surface area contributed by atoms with Gasteiger partial charge in [-0.25, -0.2) is 0 Å². The van der Waals surface area contributed by atoms with Crippen molar-refractivity contribution in [3.05, 3.63) is 0 Å². The third-order valence-electron chi connectivity index (χ3n) is 4.51. The molecule has 100 valence electrons. The Morgan fingerprint density at radius 1 is 1.12 bits per heavy atom. The highest BCUT2D eigenvalue weighted by Crippen LogP contribution is 2.49. The van der Waals surface area contributed by atoms with Crippen LogP contribution in [0.2, 0.25) is 0 Å². The van der Waals surface area contributed by atoms with E-state index < -0.39 is 11.7 Å². The maximum absolute atomic E-state index is 12.8. The van der Waals surface area contributed by atoms with Crippen LogP contribution in [0.15, 0.2) is 0 Å². The minimum Gasteiger partial charge on any atom is -0.317 e. The SMILES string of the molecule is CCC1(CNC2(C(F)(F)F)CC2)CCNCC1. The lowest BCUT2D eigenvalue weighted by Crippen LogP contribution is -2.51. The summed E-state index contributed by atoms with van der Waals surface area (Å²) in [5.74, 6) is 0. The van der Waals surface area contributed by atoms with Crippen molar-refractivity contribution in [2.45, 2.75) is 50.7 Å². The number of halogens is 3. The molecule has 0 aromatic rings. The van der Waals surface area contributed by atoms with Gasteiger partial charge >= 0.3 is 6.18 Å². The first-order valence-electron chi connectivity index (χ1n) is 6.46. The van der Waals surface area contributed by atoms with Crippen LogP contribution in [-0.2, 0) is 0 Å². The van der Waals surface area contributed by atoms with Crippen LogP contribution in [0.3, 0.4) is 0 Å². The molecule has 2 rings (SSSR count). The predicted octanol–water partition coefficient (Wildman–Crippen LogP) is 2.45. The van der Waals surface area contributed by atoms with Crippen LogP contribution < -0.4 is 10.6 Å². The summed E-state index contributed by atoms with van der Waals surface area (Å²) in [5.41, 5.74) is -1.49. The Bertz CT molecular complexity index is 265. The van der Waals surface area contributed by atoms with E-state index in [0.29, 0.717) is 6.54 Å². The number of rotatable bonds is 4. The summed E-state index contributed by atoms with van der Waals surface area (Å²) in [5, 5.41) is 6.09. The monoisotopic (exact) mass is 250 g/mol. The Hall–Kier alpha value is -0.290. The summed E-state index contributed by atoms with van der Waals surface area (Å²) >= 11 is 0. The fraction of sp³-hybridized carbons (Fsp3) is 1.00. The largest absolute Gasteiger partial charge is 0.406 e. The van der Waals surface area contributed by atoms with Crippen LogP contribution >= 0.6 is 0 Å². The number of hydrogen-bond acceptors (Lipinski definition) is 2. The van der Waals surface area contributed by atoms with Crippen molar-refractivity contribution >= 4 is 0 Å². The first kappa shape index (κ1) is 13.1. The Labute approximate surface area is 100 Å². The summed E-state index contributed by atoms with van der Waals surface area (Å²) in [6.07, 6.45) is -0.692. The van der Waals surface area contributed by atoms with Crippen molar-refractivity contribution in [1.29, 1.82) is 0 Å². The highest BCUT2D eigenvalue weighted by molar-refractivity contribution is 5.08. The van der Waals surface area contributed by atoms with Crippen molar-refractivity contribution in [1.82, 2.24) is 10.6 Å². The van der Waals surface area contributed by atoms with Gasteiger partial charge in [-0.3, -0.25) is 0 Å². The van der Waals surface area contributed by atoms with Gasteiger partial charge in [0.15, 0.2) is 0 Å². The molecule has 1 saturated carbocycles. The lowest BCUT2D eigenvalue weighted by molar-refractivity contribution is -0.167. The van der Waals surface area contributed by atoms with E-state index in [9.17, 15) is 13.2 Å². The van der Waals surface area contributed by atoms with Gasteiger partial charge in [0.2, 0.25) is 0 Å². The summed E-state index contributed by atoms with van der Waals surface area (Å²) in [6.45, 7) is 4.44. The van der Waals surface area contributed by atoms with Crippen LogP contribution in [0.5, 0.6) is 0 Å². The average molecular weight is 250 g/mol. The van der Waals surface area contributed by atoms with Gasteiger partial charge in [0.1, 0.15) is 5.54 Å². The van der Waals surface area contributed by atoms with E-state index in [-0.39, 0.29) is 18.3 Å². The highest BCUT2D eigenvalue weighted by atomic mass is 19.4. The Morgan fingerprint density at radius 3 is 2.12 bits per heavy atom. The second kappa shape index (κ2) is 4.43. The first-order valence-corrected chi connectivity index (χ1v) is 6.46. The number of alkyl halides is 3. The Morgan fingerprint density at radius 2 is 1.71 bits per heavy atom. The fourth-order valence-electron chi connectivity index (χ4n) is 2.65. The number of piperidine rings is 1. The lowest BCUT2D eigenvalue weighted by Gasteiger charge is -2.38. The molecule has 17 heavy (non-hydrogen) atoms. The van der Waals surface area contributed by atoms with Gasteiger partial charge in [-0.05, 0) is 50.6 Å². The smallest absolute Gasteiger partial charge is 0.317 e. The van der Waals surface area contributed by atoms with E-state index in [1.807, 2.05) is 0 Å². The zero-order chi connectivity index (χ0) is 12.6. The van der Waals surface area contributed by atoms with Gasteiger partial charge < -0.3 is 10.6 Å². The summed E-state index contributed by atoms with van der Waals surface area (Å²) < 4.78 is 38.4. The van der Waals surface area contributed by atoms with Crippen LogP contribution in [0.4, 0.5) is 13.2 Å².